The van der Waals surface area contributed by atoms with Crippen molar-refractivity contribution in [2.75, 3.05) is 13.6 Å². The predicted molar refractivity (Wildman–Crippen MR) is 108 cm³/mol. The lowest BCUT2D eigenvalue weighted by Crippen LogP contribution is -2.36. The Labute approximate surface area is 174 Å². The molecule has 0 saturated carbocycles. The highest BCUT2D eigenvalue weighted by atomic mass is 79.9. The Balaban J connectivity index is 2.05. The van der Waals surface area contributed by atoms with Gasteiger partial charge in [-0.2, -0.15) is 9.41 Å². The Morgan fingerprint density at radius 2 is 2.00 bits per heavy atom. The van der Waals surface area contributed by atoms with E-state index in [0.29, 0.717) is 5.56 Å². The zero-order valence-electron chi connectivity index (χ0n) is 13.9. The lowest BCUT2D eigenvalue weighted by molar-refractivity contribution is -0.121. The summed E-state index contributed by atoms with van der Waals surface area (Å²) >= 11 is 15.0. The Bertz CT molecular complexity index is 999. The van der Waals surface area contributed by atoms with E-state index in [2.05, 4.69) is 26.5 Å². The molecule has 0 heterocycles. The maximum Gasteiger partial charge on any atom is 0.255 e. The molecule has 0 aliphatic carbocycles. The van der Waals surface area contributed by atoms with Crippen LogP contribution in [-0.2, 0) is 14.8 Å². The van der Waals surface area contributed by atoms with Gasteiger partial charge in [0.2, 0.25) is 10.0 Å². The third kappa shape index (κ3) is 5.66. The molecule has 0 aromatic heterocycles. The van der Waals surface area contributed by atoms with E-state index in [4.69, 9.17) is 23.2 Å². The zero-order valence-corrected chi connectivity index (χ0v) is 17.8. The molecule has 2 aromatic carbocycles. The van der Waals surface area contributed by atoms with E-state index in [1.807, 2.05) is 0 Å². The first kappa shape index (κ1) is 21.6. The van der Waals surface area contributed by atoms with Crippen LogP contribution in [0.5, 0.6) is 5.75 Å². The number of hydrogen-bond donors (Lipinski definition) is 2. The van der Waals surface area contributed by atoms with E-state index in [9.17, 15) is 18.3 Å². The summed E-state index contributed by atoms with van der Waals surface area (Å²) in [4.78, 5) is 11.8. The number of hydrogen-bond acceptors (Lipinski definition) is 5. The van der Waals surface area contributed by atoms with E-state index in [1.165, 1.54) is 37.5 Å². The van der Waals surface area contributed by atoms with Crippen molar-refractivity contribution in [3.63, 3.8) is 0 Å². The van der Waals surface area contributed by atoms with E-state index in [-0.39, 0.29) is 20.7 Å². The third-order valence-electron chi connectivity index (χ3n) is 3.33. The van der Waals surface area contributed by atoms with E-state index < -0.39 is 22.5 Å². The van der Waals surface area contributed by atoms with Crippen molar-refractivity contribution in [1.82, 2.24) is 9.73 Å². The van der Waals surface area contributed by atoms with E-state index >= 15 is 0 Å². The fourth-order valence-electron chi connectivity index (χ4n) is 1.97. The molecule has 2 N–H and O–H groups in total. The monoisotopic (exact) mass is 493 g/mol. The molecule has 0 aliphatic rings. The van der Waals surface area contributed by atoms with E-state index in [0.717, 1.165) is 8.78 Å². The zero-order chi connectivity index (χ0) is 20.2. The van der Waals surface area contributed by atoms with Gasteiger partial charge in [-0.15, -0.1) is 0 Å². The lowest BCUT2D eigenvalue weighted by Gasteiger charge is -2.17. The highest BCUT2D eigenvalue weighted by Crippen LogP contribution is 2.27. The average Bonchev–Trinajstić information content (AvgIpc) is 2.59. The van der Waals surface area contributed by atoms with Gasteiger partial charge < -0.3 is 5.11 Å². The molecule has 7 nitrogen and oxygen atoms in total. The highest BCUT2D eigenvalue weighted by Gasteiger charge is 2.25. The quantitative estimate of drug-likeness (QED) is 0.475. The van der Waals surface area contributed by atoms with Crippen molar-refractivity contribution in [3.05, 3.63) is 56.5 Å². The minimum Gasteiger partial charge on any atom is -0.507 e. The Morgan fingerprint density at radius 3 is 2.70 bits per heavy atom. The number of likely N-dealkylation sites (N-methyl/N-ethyl adjacent to an activating group) is 1. The van der Waals surface area contributed by atoms with Crippen LogP contribution in [0.4, 0.5) is 0 Å². The molecule has 0 atom stereocenters. The minimum atomic E-state index is -4.02. The van der Waals surface area contributed by atoms with E-state index in [1.54, 1.807) is 12.1 Å². The lowest BCUT2D eigenvalue weighted by atomic mass is 10.2. The molecule has 0 saturated heterocycles. The molecule has 2 aromatic rings. The maximum atomic E-state index is 12.5. The Morgan fingerprint density at radius 1 is 1.30 bits per heavy atom. The van der Waals surface area contributed by atoms with Crippen LogP contribution in [0.25, 0.3) is 0 Å². The van der Waals surface area contributed by atoms with Crippen LogP contribution in [0.15, 0.2) is 50.9 Å². The molecular weight excluding hydrogens is 481 g/mol. The molecule has 0 spiro atoms. The number of phenolic OH excluding ortho intramolecular Hbond substituents is 1. The van der Waals surface area contributed by atoms with Gasteiger partial charge in [0.05, 0.1) is 17.8 Å². The second kappa shape index (κ2) is 9.03. The van der Waals surface area contributed by atoms with Crippen molar-refractivity contribution in [1.29, 1.82) is 0 Å². The van der Waals surface area contributed by atoms with Crippen LogP contribution in [0, 0.1) is 0 Å². The first-order valence-electron chi connectivity index (χ1n) is 7.33. The largest absolute Gasteiger partial charge is 0.507 e. The Hall–Kier alpha value is -1.65. The van der Waals surface area contributed by atoms with Crippen LogP contribution in [0.1, 0.15) is 5.56 Å². The van der Waals surface area contributed by atoms with Gasteiger partial charge in [0.15, 0.2) is 0 Å². The molecule has 1 amide bonds. The summed E-state index contributed by atoms with van der Waals surface area (Å²) < 4.78 is 26.6. The van der Waals surface area contributed by atoms with Gasteiger partial charge in [-0.25, -0.2) is 13.8 Å². The number of amides is 1. The second-order valence-electron chi connectivity index (χ2n) is 5.33. The van der Waals surface area contributed by atoms with Gasteiger partial charge in [0, 0.05) is 22.1 Å². The number of hydrazone groups is 1. The van der Waals surface area contributed by atoms with Crippen molar-refractivity contribution in [2.45, 2.75) is 4.90 Å². The number of phenols is 1. The van der Waals surface area contributed by atoms with Crippen molar-refractivity contribution in [3.8, 4) is 5.75 Å². The molecule has 0 radical (unpaired) electrons. The first-order valence-corrected chi connectivity index (χ1v) is 10.3. The topological polar surface area (TPSA) is 99.1 Å². The highest BCUT2D eigenvalue weighted by molar-refractivity contribution is 9.10. The number of benzene rings is 2. The van der Waals surface area contributed by atoms with Crippen molar-refractivity contribution in [2.24, 2.45) is 5.10 Å². The van der Waals surface area contributed by atoms with Crippen LogP contribution < -0.4 is 5.43 Å². The van der Waals surface area contributed by atoms with Crippen LogP contribution in [0.3, 0.4) is 0 Å². The van der Waals surface area contributed by atoms with Crippen LogP contribution in [-0.4, -0.2) is 43.5 Å². The molecule has 27 heavy (non-hydrogen) atoms. The molecule has 11 heteroatoms. The minimum absolute atomic E-state index is 0.00481. The normalized spacial score (nSPS) is 11.9. The van der Waals surface area contributed by atoms with Gasteiger partial charge in [-0.05, 0) is 36.4 Å². The molecule has 0 aliphatic heterocycles. The Kier molecular flexibility index (Phi) is 7.24. The molecule has 2 rings (SSSR count). The van der Waals surface area contributed by atoms with Crippen molar-refractivity contribution < 1.29 is 18.3 Å². The molecule has 144 valence electrons. The summed E-state index contributed by atoms with van der Waals surface area (Å²) in [5, 5.41) is 13.6. The number of aromatic hydroxyl groups is 1. The smallest absolute Gasteiger partial charge is 0.255 e. The van der Waals surface area contributed by atoms with Crippen molar-refractivity contribution >= 4 is 61.3 Å². The fourth-order valence-corrected chi connectivity index (χ4v) is 4.21. The average molecular weight is 495 g/mol. The molecular formula is C16H14BrCl2N3O4S. The summed E-state index contributed by atoms with van der Waals surface area (Å²) in [6, 6.07) is 8.74. The molecule has 0 bridgehead atoms. The number of nitrogens with zero attached hydrogens (tertiary/aromatic N) is 2. The summed E-state index contributed by atoms with van der Waals surface area (Å²) in [5.41, 5.74) is 2.57. The van der Waals surface area contributed by atoms with Gasteiger partial charge >= 0.3 is 0 Å². The number of nitrogens with one attached hydrogen (secondary N) is 1. The first-order chi connectivity index (χ1) is 12.6. The number of carbonyl (C=O) groups is 1. The number of sulfonamides is 1. The second-order valence-corrected chi connectivity index (χ2v) is 9.10. The summed E-state index contributed by atoms with van der Waals surface area (Å²) in [5.74, 6) is -0.698. The molecule has 0 unspecified atom stereocenters. The van der Waals surface area contributed by atoms with Crippen LogP contribution in [0.2, 0.25) is 10.0 Å². The number of rotatable bonds is 6. The molecule has 0 fully saturated rings. The standard InChI is InChI=1S/C16H14BrCl2N3O4S/c1-22(27(25,26)15-7-12(18)3-4-13(15)19)9-16(24)21-20-8-10-6-11(17)2-5-14(10)23/h2-8,23H,9H2,1H3,(H,21,24)/b20-8-. The summed E-state index contributed by atoms with van der Waals surface area (Å²) in [7, 11) is -2.79. The number of carbonyl (C=O) groups excluding carboxylic acids is 1. The summed E-state index contributed by atoms with van der Waals surface area (Å²) in [6.07, 6.45) is 1.24. The third-order valence-corrected chi connectivity index (χ3v) is 6.34. The van der Waals surface area contributed by atoms with Gasteiger partial charge in [-0.3, -0.25) is 4.79 Å². The van der Waals surface area contributed by atoms with Gasteiger partial charge in [-0.1, -0.05) is 39.1 Å². The predicted octanol–water partition coefficient (Wildman–Crippen LogP) is 3.23. The van der Waals surface area contributed by atoms with Gasteiger partial charge in [0.1, 0.15) is 10.6 Å². The maximum absolute atomic E-state index is 12.5. The number of halogens is 3. The summed E-state index contributed by atoms with van der Waals surface area (Å²) in [6.45, 7) is -0.493. The van der Waals surface area contributed by atoms with Gasteiger partial charge in [0.25, 0.3) is 5.91 Å². The van der Waals surface area contributed by atoms with Crippen LogP contribution >= 0.6 is 39.1 Å². The SMILES string of the molecule is CN(CC(=O)N/N=C\c1cc(Br)ccc1O)S(=O)(=O)c1cc(Cl)ccc1Cl. The fraction of sp³-hybridized carbons (Fsp3) is 0.125.